The van der Waals surface area contributed by atoms with E-state index in [1.165, 1.54) is 12.1 Å². The lowest BCUT2D eigenvalue weighted by atomic mass is 10.2. The summed E-state index contributed by atoms with van der Waals surface area (Å²) in [4.78, 5) is 0. The Bertz CT molecular complexity index is 1090. The van der Waals surface area contributed by atoms with Crippen LogP contribution >= 0.6 is 0 Å². The van der Waals surface area contributed by atoms with Crippen LogP contribution in [-0.4, -0.2) is 43.2 Å². The Kier molecular flexibility index (Phi) is 6.40. The van der Waals surface area contributed by atoms with Gasteiger partial charge in [-0.25, -0.2) is 21.6 Å². The number of anilines is 3. The van der Waals surface area contributed by atoms with E-state index in [9.17, 15) is 26.7 Å². The average molecular weight is 460 g/mol. The SMILES string of the molecule is COc1cc(F)c(F)c(Nc2ccc(C)cc2F)c1NS(=O)(=O)C1(C[C@H](O)CO)CC1. The summed E-state index contributed by atoms with van der Waals surface area (Å²) in [5, 5.41) is 21.2. The molecule has 0 aliphatic heterocycles. The molecule has 3 rings (SSSR count). The Labute approximate surface area is 177 Å². The molecule has 7 nitrogen and oxygen atoms in total. The highest BCUT2D eigenvalue weighted by Crippen LogP contribution is 2.49. The fraction of sp³-hybridized carbons (Fsp3) is 0.400. The van der Waals surface area contributed by atoms with Gasteiger partial charge in [0.2, 0.25) is 10.0 Å². The molecule has 0 heterocycles. The highest BCUT2D eigenvalue weighted by Gasteiger charge is 2.55. The van der Waals surface area contributed by atoms with Crippen LogP contribution in [0.3, 0.4) is 0 Å². The molecule has 1 saturated carbocycles. The number of methoxy groups -OCH3 is 1. The van der Waals surface area contributed by atoms with Gasteiger partial charge in [0.05, 0.1) is 30.3 Å². The van der Waals surface area contributed by atoms with Crippen LogP contribution in [-0.2, 0) is 10.0 Å². The molecule has 170 valence electrons. The van der Waals surface area contributed by atoms with Crippen molar-refractivity contribution in [3.63, 3.8) is 0 Å². The second-order valence-electron chi connectivity index (χ2n) is 7.56. The number of nitrogens with one attached hydrogen (secondary N) is 2. The van der Waals surface area contributed by atoms with Crippen LogP contribution in [0.1, 0.15) is 24.8 Å². The fourth-order valence-corrected chi connectivity index (χ4v) is 5.04. The first-order chi connectivity index (χ1) is 14.5. The maximum Gasteiger partial charge on any atom is 0.238 e. The number of rotatable bonds is 9. The minimum Gasteiger partial charge on any atom is -0.494 e. The van der Waals surface area contributed by atoms with Crippen LogP contribution in [0.4, 0.5) is 30.2 Å². The van der Waals surface area contributed by atoms with Crippen molar-refractivity contribution >= 4 is 27.1 Å². The molecule has 0 bridgehead atoms. The van der Waals surface area contributed by atoms with Gasteiger partial charge in [-0.3, -0.25) is 4.72 Å². The van der Waals surface area contributed by atoms with Crippen molar-refractivity contribution in [2.24, 2.45) is 0 Å². The minimum absolute atomic E-state index is 0.200. The average Bonchev–Trinajstić information content (AvgIpc) is 3.50. The van der Waals surface area contributed by atoms with Gasteiger partial charge in [0.15, 0.2) is 11.6 Å². The third kappa shape index (κ3) is 4.58. The normalized spacial score (nSPS) is 16.0. The predicted molar refractivity (Wildman–Crippen MR) is 110 cm³/mol. The standard InChI is InChI=1S/C20H23F3N2O5S/c1-11-3-4-15(13(21)7-11)24-19-17(23)14(22)8-16(30-2)18(19)25-31(28,29)20(5-6-20)9-12(27)10-26/h3-4,7-8,12,24-27H,5-6,9-10H2,1-2H3/t12-/m0/s1. The predicted octanol–water partition coefficient (Wildman–Crippen LogP) is 3.18. The minimum atomic E-state index is -4.22. The van der Waals surface area contributed by atoms with Crippen LogP contribution in [0.15, 0.2) is 24.3 Å². The molecule has 0 aromatic heterocycles. The lowest BCUT2D eigenvalue weighted by Crippen LogP contribution is -2.34. The van der Waals surface area contributed by atoms with E-state index in [0.717, 1.165) is 7.11 Å². The third-order valence-electron chi connectivity index (χ3n) is 5.22. The van der Waals surface area contributed by atoms with Gasteiger partial charge in [-0.15, -0.1) is 0 Å². The van der Waals surface area contributed by atoms with Crippen molar-refractivity contribution in [2.75, 3.05) is 23.8 Å². The van der Waals surface area contributed by atoms with Crippen molar-refractivity contribution in [2.45, 2.75) is 37.0 Å². The number of benzene rings is 2. The molecule has 1 aliphatic rings. The van der Waals surface area contributed by atoms with Crippen molar-refractivity contribution in [1.82, 2.24) is 0 Å². The number of halogens is 3. The van der Waals surface area contributed by atoms with Crippen LogP contribution in [0.25, 0.3) is 0 Å². The van der Waals surface area contributed by atoms with E-state index in [1.807, 2.05) is 0 Å². The molecule has 0 amide bonds. The molecular formula is C20H23F3N2O5S. The number of aliphatic hydroxyl groups is 2. The second kappa shape index (κ2) is 8.56. The van der Waals surface area contributed by atoms with Crippen molar-refractivity contribution in [3.05, 3.63) is 47.3 Å². The molecule has 2 aromatic rings. The molecule has 1 aliphatic carbocycles. The Morgan fingerprint density at radius 3 is 2.39 bits per heavy atom. The summed E-state index contributed by atoms with van der Waals surface area (Å²) in [5.74, 6) is -3.83. The van der Waals surface area contributed by atoms with Crippen molar-refractivity contribution in [3.8, 4) is 5.75 Å². The molecule has 2 aromatic carbocycles. The maximum atomic E-state index is 14.7. The molecule has 4 N–H and O–H groups in total. The molecule has 31 heavy (non-hydrogen) atoms. The van der Waals surface area contributed by atoms with E-state index in [-0.39, 0.29) is 30.7 Å². The van der Waals surface area contributed by atoms with E-state index < -0.39 is 56.3 Å². The van der Waals surface area contributed by atoms with Gasteiger partial charge in [0.25, 0.3) is 0 Å². The van der Waals surface area contributed by atoms with Crippen LogP contribution in [0.2, 0.25) is 0 Å². The summed E-state index contributed by atoms with van der Waals surface area (Å²) in [6, 6.07) is 4.70. The van der Waals surface area contributed by atoms with Gasteiger partial charge in [-0.2, -0.15) is 0 Å². The van der Waals surface area contributed by atoms with Crippen LogP contribution in [0.5, 0.6) is 5.75 Å². The first-order valence-corrected chi connectivity index (χ1v) is 10.9. The summed E-state index contributed by atoms with van der Waals surface area (Å²) in [6.45, 7) is 1.03. The quantitative estimate of drug-likeness (QED) is 0.458. The number of sulfonamides is 1. The maximum absolute atomic E-state index is 14.7. The Balaban J connectivity index is 2.06. The molecule has 0 unspecified atom stereocenters. The number of hydrogen-bond donors (Lipinski definition) is 4. The largest absolute Gasteiger partial charge is 0.494 e. The number of aryl methyl sites for hydroxylation is 1. The van der Waals surface area contributed by atoms with E-state index >= 15 is 0 Å². The first kappa shape index (κ1) is 23.2. The molecule has 0 saturated heterocycles. The second-order valence-corrected chi connectivity index (χ2v) is 9.64. The Morgan fingerprint density at radius 1 is 1.16 bits per heavy atom. The summed E-state index contributed by atoms with van der Waals surface area (Å²) in [7, 11) is -3.08. The number of ether oxygens (including phenoxy) is 1. The first-order valence-electron chi connectivity index (χ1n) is 9.44. The molecular weight excluding hydrogens is 437 g/mol. The van der Waals surface area contributed by atoms with Crippen LogP contribution < -0.4 is 14.8 Å². The molecule has 1 atom stereocenters. The summed E-state index contributed by atoms with van der Waals surface area (Å²) < 4.78 is 75.1. The fourth-order valence-electron chi connectivity index (χ4n) is 3.30. The van der Waals surface area contributed by atoms with Gasteiger partial charge < -0.3 is 20.3 Å². The summed E-state index contributed by atoms with van der Waals surface area (Å²) >= 11 is 0. The highest BCUT2D eigenvalue weighted by atomic mass is 32.2. The monoisotopic (exact) mass is 460 g/mol. The lowest BCUT2D eigenvalue weighted by Gasteiger charge is -2.23. The zero-order chi connectivity index (χ0) is 23.0. The smallest absolute Gasteiger partial charge is 0.238 e. The van der Waals surface area contributed by atoms with Gasteiger partial charge in [0.1, 0.15) is 22.9 Å². The summed E-state index contributed by atoms with van der Waals surface area (Å²) in [6.07, 6.45) is -1.08. The van der Waals surface area contributed by atoms with Gasteiger partial charge >= 0.3 is 0 Å². The highest BCUT2D eigenvalue weighted by molar-refractivity contribution is 7.94. The zero-order valence-corrected chi connectivity index (χ0v) is 17.7. The third-order valence-corrected chi connectivity index (χ3v) is 7.41. The van der Waals surface area contributed by atoms with Gasteiger partial charge in [-0.1, -0.05) is 6.07 Å². The van der Waals surface area contributed by atoms with Gasteiger partial charge in [0, 0.05) is 6.07 Å². The Morgan fingerprint density at radius 2 is 1.84 bits per heavy atom. The van der Waals surface area contributed by atoms with E-state index in [2.05, 4.69) is 10.0 Å². The van der Waals surface area contributed by atoms with Crippen LogP contribution in [0, 0.1) is 24.4 Å². The summed E-state index contributed by atoms with van der Waals surface area (Å²) in [5.41, 5.74) is -0.693. The molecule has 11 heteroatoms. The van der Waals surface area contributed by atoms with Crippen molar-refractivity contribution in [1.29, 1.82) is 0 Å². The number of hydrogen-bond acceptors (Lipinski definition) is 6. The van der Waals surface area contributed by atoms with E-state index in [4.69, 9.17) is 9.84 Å². The topological polar surface area (TPSA) is 108 Å². The molecule has 0 radical (unpaired) electrons. The zero-order valence-electron chi connectivity index (χ0n) is 16.9. The van der Waals surface area contributed by atoms with Crippen molar-refractivity contribution < 1.29 is 36.5 Å². The lowest BCUT2D eigenvalue weighted by molar-refractivity contribution is 0.0858. The van der Waals surface area contributed by atoms with Gasteiger partial charge in [-0.05, 0) is 43.9 Å². The van der Waals surface area contributed by atoms with E-state index in [1.54, 1.807) is 13.0 Å². The van der Waals surface area contributed by atoms with E-state index in [0.29, 0.717) is 11.6 Å². The molecule has 1 fully saturated rings. The number of aliphatic hydroxyl groups excluding tert-OH is 2. The molecule has 0 spiro atoms. The Hall–Kier alpha value is -2.50.